The largest absolute Gasteiger partial charge is 0.442 e. The fourth-order valence-corrected chi connectivity index (χ4v) is 2.96. The molecule has 0 aliphatic carbocycles. The second-order valence-corrected chi connectivity index (χ2v) is 6.00. The predicted molar refractivity (Wildman–Crippen MR) is 91.2 cm³/mol. The summed E-state index contributed by atoms with van der Waals surface area (Å²) < 4.78 is 19.7. The third-order valence-electron chi connectivity index (χ3n) is 4.29. The zero-order valence-electron chi connectivity index (χ0n) is 13.8. The van der Waals surface area contributed by atoms with Crippen molar-refractivity contribution in [3.05, 3.63) is 24.0 Å². The van der Waals surface area contributed by atoms with Crippen LogP contribution >= 0.6 is 0 Å². The number of nitrogens with two attached hydrogens (primary N) is 1. The first-order valence-corrected chi connectivity index (χ1v) is 8.28. The Labute approximate surface area is 145 Å². The van der Waals surface area contributed by atoms with Gasteiger partial charge in [-0.1, -0.05) is 0 Å². The fraction of sp³-hybridized carbons (Fsp3) is 0.500. The number of ether oxygens (including phenoxy) is 1. The molecule has 0 saturated carbocycles. The van der Waals surface area contributed by atoms with Gasteiger partial charge in [0.05, 0.1) is 31.0 Å². The maximum Gasteiger partial charge on any atom is 0.414 e. The summed E-state index contributed by atoms with van der Waals surface area (Å²) >= 11 is 0. The number of carbonyl (C=O) groups excluding carboxylic acids is 2. The van der Waals surface area contributed by atoms with Gasteiger partial charge in [0.1, 0.15) is 11.9 Å². The van der Waals surface area contributed by atoms with Crippen LogP contribution in [0.4, 0.5) is 20.6 Å². The summed E-state index contributed by atoms with van der Waals surface area (Å²) in [4.78, 5) is 26.5. The highest BCUT2D eigenvalue weighted by Gasteiger charge is 2.33. The molecule has 0 spiro atoms. The number of nitrogens with one attached hydrogen (secondary N) is 2. The number of rotatable bonds is 5. The summed E-state index contributed by atoms with van der Waals surface area (Å²) in [6.45, 7) is 3.42. The smallest absolute Gasteiger partial charge is 0.414 e. The van der Waals surface area contributed by atoms with Crippen LogP contribution in [-0.4, -0.2) is 63.9 Å². The number of piperazine rings is 1. The molecule has 25 heavy (non-hydrogen) atoms. The van der Waals surface area contributed by atoms with Crippen molar-refractivity contribution in [2.45, 2.75) is 6.10 Å². The van der Waals surface area contributed by atoms with E-state index in [1.165, 1.54) is 11.0 Å². The van der Waals surface area contributed by atoms with Gasteiger partial charge in [-0.2, -0.15) is 0 Å². The molecule has 9 heteroatoms. The highest BCUT2D eigenvalue weighted by Crippen LogP contribution is 2.28. The highest BCUT2D eigenvalue weighted by atomic mass is 19.1. The molecule has 0 bridgehead atoms. The highest BCUT2D eigenvalue weighted by molar-refractivity contribution is 5.90. The van der Waals surface area contributed by atoms with E-state index in [2.05, 4.69) is 10.6 Å². The lowest BCUT2D eigenvalue weighted by atomic mass is 10.2. The van der Waals surface area contributed by atoms with Crippen molar-refractivity contribution in [2.24, 2.45) is 5.73 Å². The lowest BCUT2D eigenvalue weighted by molar-refractivity contribution is -0.120. The Morgan fingerprint density at radius 3 is 2.84 bits per heavy atom. The van der Waals surface area contributed by atoms with E-state index in [-0.39, 0.29) is 31.4 Å². The van der Waals surface area contributed by atoms with Gasteiger partial charge in [-0.15, -0.1) is 0 Å². The van der Waals surface area contributed by atoms with E-state index < -0.39 is 12.2 Å². The average Bonchev–Trinajstić information content (AvgIpc) is 3.01. The number of nitrogens with zero attached hydrogens (tertiary/aromatic N) is 2. The summed E-state index contributed by atoms with van der Waals surface area (Å²) in [5.74, 6) is -0.687. The molecule has 1 aromatic rings. The van der Waals surface area contributed by atoms with Crippen LogP contribution in [0.25, 0.3) is 0 Å². The standard InChI is InChI=1S/C16H22FN5O3/c17-13-7-11(1-2-14(13)21-5-3-19-4-6-21)22-10-12(25-16(22)24)9-20-15(23)8-18/h1-2,7,12,19H,3-6,8-10,18H2,(H,20,23)/t12-/m1/s1. The van der Waals surface area contributed by atoms with E-state index in [9.17, 15) is 14.0 Å². The number of cyclic esters (lactones) is 1. The lowest BCUT2D eigenvalue weighted by Gasteiger charge is -2.30. The molecule has 8 nitrogen and oxygen atoms in total. The van der Waals surface area contributed by atoms with Gasteiger partial charge < -0.3 is 26.0 Å². The zero-order chi connectivity index (χ0) is 17.8. The number of carbonyl (C=O) groups is 2. The number of benzene rings is 1. The molecule has 4 N–H and O–H groups in total. The monoisotopic (exact) mass is 351 g/mol. The minimum atomic E-state index is -0.554. The Balaban J connectivity index is 1.66. The first kappa shape index (κ1) is 17.4. The molecule has 2 saturated heterocycles. The molecule has 2 aliphatic rings. The zero-order valence-corrected chi connectivity index (χ0v) is 13.8. The molecule has 0 radical (unpaired) electrons. The quantitative estimate of drug-likeness (QED) is 0.670. The van der Waals surface area contributed by atoms with Crippen molar-refractivity contribution in [1.82, 2.24) is 10.6 Å². The van der Waals surface area contributed by atoms with Gasteiger partial charge in [-0.25, -0.2) is 9.18 Å². The molecule has 1 aromatic carbocycles. The Morgan fingerprint density at radius 1 is 1.40 bits per heavy atom. The van der Waals surface area contributed by atoms with Crippen LogP contribution in [0.5, 0.6) is 0 Å². The van der Waals surface area contributed by atoms with Crippen molar-refractivity contribution in [3.8, 4) is 0 Å². The Hall–Kier alpha value is -2.39. The van der Waals surface area contributed by atoms with Gasteiger partial charge in [0, 0.05) is 26.2 Å². The summed E-state index contributed by atoms with van der Waals surface area (Å²) in [5, 5.41) is 5.80. The van der Waals surface area contributed by atoms with Crippen molar-refractivity contribution < 1.29 is 18.7 Å². The second-order valence-electron chi connectivity index (χ2n) is 6.00. The van der Waals surface area contributed by atoms with E-state index in [1.807, 2.05) is 4.90 Å². The fourth-order valence-electron chi connectivity index (χ4n) is 2.96. The van der Waals surface area contributed by atoms with Crippen molar-refractivity contribution >= 4 is 23.4 Å². The maximum absolute atomic E-state index is 14.5. The van der Waals surface area contributed by atoms with Gasteiger partial charge in [-0.3, -0.25) is 9.69 Å². The first-order valence-electron chi connectivity index (χ1n) is 8.28. The minimum Gasteiger partial charge on any atom is -0.442 e. The van der Waals surface area contributed by atoms with Crippen LogP contribution in [0.15, 0.2) is 18.2 Å². The molecule has 0 unspecified atom stereocenters. The Kier molecular flexibility index (Phi) is 5.34. The SMILES string of the molecule is NCC(=O)NC[C@@H]1CN(c2ccc(N3CCNCC3)c(F)c2)C(=O)O1. The van der Waals surface area contributed by atoms with Crippen LogP contribution in [-0.2, 0) is 9.53 Å². The third-order valence-corrected chi connectivity index (χ3v) is 4.29. The predicted octanol–water partition coefficient (Wildman–Crippen LogP) is -0.365. The van der Waals surface area contributed by atoms with Crippen molar-refractivity contribution in [1.29, 1.82) is 0 Å². The molecule has 2 heterocycles. The van der Waals surface area contributed by atoms with E-state index in [1.54, 1.807) is 12.1 Å². The normalized spacial score (nSPS) is 20.6. The number of halogens is 1. The van der Waals surface area contributed by atoms with Gasteiger partial charge in [-0.05, 0) is 18.2 Å². The summed E-state index contributed by atoms with van der Waals surface area (Å²) in [6, 6.07) is 4.74. The minimum absolute atomic E-state index is 0.122. The van der Waals surface area contributed by atoms with Gasteiger partial charge in [0.15, 0.2) is 0 Å². The number of anilines is 2. The van der Waals surface area contributed by atoms with Crippen LogP contribution in [0.2, 0.25) is 0 Å². The van der Waals surface area contributed by atoms with E-state index in [0.717, 1.165) is 26.2 Å². The summed E-state index contributed by atoms with van der Waals surface area (Å²) in [7, 11) is 0. The van der Waals surface area contributed by atoms with E-state index in [0.29, 0.717) is 11.4 Å². The van der Waals surface area contributed by atoms with Gasteiger partial charge >= 0.3 is 6.09 Å². The van der Waals surface area contributed by atoms with E-state index in [4.69, 9.17) is 10.5 Å². The number of hydrogen-bond donors (Lipinski definition) is 3. The maximum atomic E-state index is 14.5. The first-order chi connectivity index (χ1) is 12.1. The third kappa shape index (κ3) is 3.99. The molecule has 136 valence electrons. The molecule has 2 fully saturated rings. The number of amides is 2. The lowest BCUT2D eigenvalue weighted by Crippen LogP contribution is -2.43. The Morgan fingerprint density at radius 2 is 2.16 bits per heavy atom. The average molecular weight is 351 g/mol. The molecular formula is C16H22FN5O3. The van der Waals surface area contributed by atoms with E-state index >= 15 is 0 Å². The summed E-state index contributed by atoms with van der Waals surface area (Å²) in [5.41, 5.74) is 6.19. The molecule has 2 amide bonds. The number of hydrogen-bond acceptors (Lipinski definition) is 6. The summed E-state index contributed by atoms with van der Waals surface area (Å²) in [6.07, 6.45) is -1.04. The molecular weight excluding hydrogens is 329 g/mol. The van der Waals surface area contributed by atoms with Crippen molar-refractivity contribution in [2.75, 3.05) is 55.6 Å². The van der Waals surface area contributed by atoms with Gasteiger partial charge in [0.2, 0.25) is 5.91 Å². The molecule has 2 aliphatic heterocycles. The Bertz CT molecular complexity index is 651. The topological polar surface area (TPSA) is 99.9 Å². The van der Waals surface area contributed by atoms with Crippen LogP contribution < -0.4 is 26.2 Å². The van der Waals surface area contributed by atoms with Crippen LogP contribution in [0, 0.1) is 5.82 Å². The molecule has 1 atom stereocenters. The van der Waals surface area contributed by atoms with Crippen molar-refractivity contribution in [3.63, 3.8) is 0 Å². The van der Waals surface area contributed by atoms with Crippen LogP contribution in [0.1, 0.15) is 0 Å². The van der Waals surface area contributed by atoms with Gasteiger partial charge in [0.25, 0.3) is 0 Å². The molecule has 0 aromatic heterocycles. The molecule has 3 rings (SSSR count). The van der Waals surface area contributed by atoms with Crippen LogP contribution in [0.3, 0.4) is 0 Å². The second kappa shape index (κ2) is 7.66.